The maximum atomic E-state index is 13.0. The molecule has 0 spiro atoms. The van der Waals surface area contributed by atoms with Crippen LogP contribution >= 0.6 is 0 Å². The summed E-state index contributed by atoms with van der Waals surface area (Å²) in [6.45, 7) is 3.41. The summed E-state index contributed by atoms with van der Waals surface area (Å²) in [5, 5.41) is 9.03. The van der Waals surface area contributed by atoms with E-state index in [-0.39, 0.29) is 17.7 Å². The van der Waals surface area contributed by atoms with Crippen molar-refractivity contribution < 1.29 is 14.4 Å². The number of hydrogen-bond donors (Lipinski definition) is 3. The third-order valence-electron chi connectivity index (χ3n) is 7.81. The van der Waals surface area contributed by atoms with Crippen LogP contribution in [-0.4, -0.2) is 35.3 Å². The van der Waals surface area contributed by atoms with Gasteiger partial charge in [0.15, 0.2) is 0 Å². The highest BCUT2D eigenvalue weighted by Gasteiger charge is 2.20. The summed E-state index contributed by atoms with van der Waals surface area (Å²) in [7, 11) is 0. The molecule has 0 saturated carbocycles. The quantitative estimate of drug-likeness (QED) is 0.106. The first-order valence-electron chi connectivity index (χ1n) is 16.8. The molecule has 3 amide bonds. The van der Waals surface area contributed by atoms with Crippen LogP contribution in [0.2, 0.25) is 0 Å². The van der Waals surface area contributed by atoms with Gasteiger partial charge in [0.1, 0.15) is 6.04 Å². The lowest BCUT2D eigenvalue weighted by Crippen LogP contribution is -2.48. The summed E-state index contributed by atoms with van der Waals surface area (Å²) in [6.07, 6.45) is 21.8. The molecule has 0 radical (unpaired) electrons. The van der Waals surface area contributed by atoms with Gasteiger partial charge in [0.2, 0.25) is 17.7 Å². The van der Waals surface area contributed by atoms with Gasteiger partial charge in [0, 0.05) is 44.7 Å². The van der Waals surface area contributed by atoms with Gasteiger partial charge in [-0.05, 0) is 42.5 Å². The zero-order valence-corrected chi connectivity index (χ0v) is 26.6. The Balaban J connectivity index is 1.53. The highest BCUT2D eigenvalue weighted by atomic mass is 16.2. The fourth-order valence-corrected chi connectivity index (χ4v) is 5.16. The van der Waals surface area contributed by atoms with Crippen molar-refractivity contribution in [2.45, 2.75) is 135 Å². The Morgan fingerprint density at radius 3 is 1.81 bits per heavy atom. The van der Waals surface area contributed by atoms with E-state index >= 15 is 0 Å². The number of amides is 3. The van der Waals surface area contributed by atoms with Crippen molar-refractivity contribution in [3.05, 3.63) is 66.0 Å². The molecule has 7 nitrogen and oxygen atoms in total. The molecule has 0 aliphatic rings. The number of rotatable bonds is 25. The molecule has 2 rings (SSSR count). The van der Waals surface area contributed by atoms with E-state index in [9.17, 15) is 14.4 Å². The monoisotopic (exact) mass is 592 g/mol. The summed E-state index contributed by atoms with van der Waals surface area (Å²) >= 11 is 0. The predicted molar refractivity (Wildman–Crippen MR) is 175 cm³/mol. The van der Waals surface area contributed by atoms with E-state index in [4.69, 9.17) is 0 Å². The predicted octanol–water partition coefficient (Wildman–Crippen LogP) is 7.19. The van der Waals surface area contributed by atoms with Crippen molar-refractivity contribution >= 4 is 17.7 Å². The van der Waals surface area contributed by atoms with E-state index in [1.165, 1.54) is 44.9 Å². The molecule has 0 fully saturated rings. The molecule has 3 N–H and O–H groups in total. The molecule has 1 heterocycles. The average Bonchev–Trinajstić information content (AvgIpc) is 3.02. The molecule has 1 atom stereocenters. The van der Waals surface area contributed by atoms with Crippen LogP contribution in [0.25, 0.3) is 0 Å². The van der Waals surface area contributed by atoms with Gasteiger partial charge in [-0.1, -0.05) is 114 Å². The smallest absolute Gasteiger partial charge is 0.242 e. The van der Waals surface area contributed by atoms with Crippen molar-refractivity contribution in [3.8, 4) is 0 Å². The van der Waals surface area contributed by atoms with Crippen LogP contribution in [0.5, 0.6) is 0 Å². The lowest BCUT2D eigenvalue weighted by Gasteiger charge is -2.19. The third kappa shape index (κ3) is 18.8. The van der Waals surface area contributed by atoms with Crippen LogP contribution in [0, 0.1) is 0 Å². The maximum Gasteiger partial charge on any atom is 0.242 e. The summed E-state index contributed by atoms with van der Waals surface area (Å²) < 4.78 is 0. The minimum atomic E-state index is -0.544. The number of nitrogens with one attached hydrogen (secondary N) is 3. The van der Waals surface area contributed by atoms with E-state index in [0.717, 1.165) is 62.5 Å². The normalized spacial score (nSPS) is 11.6. The fourth-order valence-electron chi connectivity index (χ4n) is 5.16. The molecule has 7 heteroatoms. The van der Waals surface area contributed by atoms with E-state index in [1.54, 1.807) is 12.4 Å². The summed E-state index contributed by atoms with van der Waals surface area (Å²) in [5.74, 6) is -0.0191. The second-order valence-electron chi connectivity index (χ2n) is 11.7. The number of hydrogen-bond acceptors (Lipinski definition) is 4. The van der Waals surface area contributed by atoms with Gasteiger partial charge in [-0.15, -0.1) is 0 Å². The largest absolute Gasteiger partial charge is 0.354 e. The van der Waals surface area contributed by atoms with Crippen molar-refractivity contribution in [2.24, 2.45) is 0 Å². The fraction of sp³-hybridized carbons (Fsp3) is 0.611. The first-order chi connectivity index (χ1) is 21.1. The highest BCUT2D eigenvalue weighted by molar-refractivity contribution is 5.87. The number of aromatic nitrogens is 1. The second kappa shape index (κ2) is 24.2. The Bertz CT molecular complexity index is 1000. The number of nitrogens with zero attached hydrogens (tertiary/aromatic N) is 1. The lowest BCUT2D eigenvalue weighted by molar-refractivity contribution is -0.129. The van der Waals surface area contributed by atoms with Crippen LogP contribution in [0.1, 0.15) is 127 Å². The average molecular weight is 593 g/mol. The number of carbonyl (C=O) groups excluding carboxylic acids is 3. The van der Waals surface area contributed by atoms with E-state index < -0.39 is 6.04 Å². The van der Waals surface area contributed by atoms with Crippen molar-refractivity contribution in [1.82, 2.24) is 20.9 Å². The Morgan fingerprint density at radius 1 is 0.628 bits per heavy atom. The van der Waals surface area contributed by atoms with Gasteiger partial charge >= 0.3 is 0 Å². The molecule has 0 bridgehead atoms. The third-order valence-corrected chi connectivity index (χ3v) is 7.81. The van der Waals surface area contributed by atoms with Crippen molar-refractivity contribution in [1.29, 1.82) is 0 Å². The van der Waals surface area contributed by atoms with Crippen LogP contribution in [0.3, 0.4) is 0 Å². The molecule has 43 heavy (non-hydrogen) atoms. The molecular weight excluding hydrogens is 536 g/mol. The summed E-state index contributed by atoms with van der Waals surface area (Å²) in [4.78, 5) is 41.6. The SMILES string of the molecule is CCCCCCCCCC(=O)NC(Cc1ccccc1)C(=O)NCCCCCCCCCCC(=O)NCc1ccncc1. The number of unbranched alkanes of at least 4 members (excludes halogenated alkanes) is 13. The number of benzene rings is 1. The number of pyridine rings is 1. The molecular formula is C36H56N4O3. The summed E-state index contributed by atoms with van der Waals surface area (Å²) in [5.41, 5.74) is 2.11. The maximum absolute atomic E-state index is 13.0. The van der Waals surface area contributed by atoms with Gasteiger partial charge in [0.05, 0.1) is 0 Å². The molecule has 1 aromatic carbocycles. The Kier molecular flexibility index (Phi) is 20.3. The Labute approximate surface area is 260 Å². The van der Waals surface area contributed by atoms with E-state index in [0.29, 0.717) is 32.4 Å². The zero-order chi connectivity index (χ0) is 30.8. The number of carbonyl (C=O) groups is 3. The van der Waals surface area contributed by atoms with Gasteiger partial charge in [-0.2, -0.15) is 0 Å². The van der Waals surface area contributed by atoms with Crippen LogP contribution in [0.15, 0.2) is 54.9 Å². The molecule has 2 aromatic rings. The van der Waals surface area contributed by atoms with E-state index in [2.05, 4.69) is 27.9 Å². The molecule has 1 aromatic heterocycles. The Morgan fingerprint density at radius 2 is 1.19 bits per heavy atom. The first kappa shape index (κ1) is 36.0. The summed E-state index contributed by atoms with van der Waals surface area (Å²) in [6, 6.07) is 13.2. The standard InChI is InChI=1S/C36H56N4O3/c1-2-3-4-5-8-12-18-23-35(42)40-33(29-31-20-15-14-16-21-31)36(43)38-26-19-13-10-7-6-9-11-17-22-34(41)39-30-32-24-27-37-28-25-32/h14-16,20-21,24-25,27-28,33H,2-13,17-19,22-23,26,29-30H2,1H3,(H,38,43)(H,39,41)(H,40,42). The Hall–Kier alpha value is -3.22. The van der Waals surface area contributed by atoms with E-state index in [1.807, 2.05) is 42.5 Å². The molecule has 0 saturated heterocycles. The first-order valence-corrected chi connectivity index (χ1v) is 16.8. The molecule has 0 aliphatic heterocycles. The van der Waals surface area contributed by atoms with Gasteiger partial charge in [0.25, 0.3) is 0 Å². The van der Waals surface area contributed by atoms with Crippen molar-refractivity contribution in [3.63, 3.8) is 0 Å². The highest BCUT2D eigenvalue weighted by Crippen LogP contribution is 2.11. The van der Waals surface area contributed by atoms with Crippen LogP contribution < -0.4 is 16.0 Å². The van der Waals surface area contributed by atoms with Crippen LogP contribution in [-0.2, 0) is 27.3 Å². The zero-order valence-electron chi connectivity index (χ0n) is 26.6. The molecule has 0 aliphatic carbocycles. The minimum Gasteiger partial charge on any atom is -0.354 e. The topological polar surface area (TPSA) is 100 Å². The van der Waals surface area contributed by atoms with Gasteiger partial charge in [-0.25, -0.2) is 0 Å². The lowest BCUT2D eigenvalue weighted by atomic mass is 10.0. The minimum absolute atomic E-state index is 0.0322. The molecule has 238 valence electrons. The molecule has 1 unspecified atom stereocenters. The van der Waals surface area contributed by atoms with Crippen molar-refractivity contribution in [2.75, 3.05) is 6.54 Å². The van der Waals surface area contributed by atoms with Gasteiger partial charge < -0.3 is 16.0 Å². The van der Waals surface area contributed by atoms with Crippen LogP contribution in [0.4, 0.5) is 0 Å². The van der Waals surface area contributed by atoms with Gasteiger partial charge in [-0.3, -0.25) is 19.4 Å². The second-order valence-corrected chi connectivity index (χ2v) is 11.7.